The third kappa shape index (κ3) is 3.28. The summed E-state index contributed by atoms with van der Waals surface area (Å²) in [5, 5.41) is 3.83. The SMILES string of the molecule is c1ccc(CN2CCC(NC3CCSC3)C2)cc1. The van der Waals surface area contributed by atoms with Gasteiger partial charge in [-0.05, 0) is 24.2 Å². The highest BCUT2D eigenvalue weighted by Gasteiger charge is 2.25. The lowest BCUT2D eigenvalue weighted by atomic mass is 10.2. The molecular formula is C15H22N2S. The molecule has 18 heavy (non-hydrogen) atoms. The van der Waals surface area contributed by atoms with Crippen molar-refractivity contribution in [1.29, 1.82) is 0 Å². The van der Waals surface area contributed by atoms with Gasteiger partial charge in [-0.3, -0.25) is 4.90 Å². The second kappa shape index (κ2) is 6.09. The van der Waals surface area contributed by atoms with Crippen LogP contribution in [0.2, 0.25) is 0 Å². The molecule has 2 aliphatic heterocycles. The van der Waals surface area contributed by atoms with Crippen LogP contribution >= 0.6 is 11.8 Å². The zero-order valence-corrected chi connectivity index (χ0v) is 11.7. The Kier molecular flexibility index (Phi) is 4.24. The summed E-state index contributed by atoms with van der Waals surface area (Å²) in [7, 11) is 0. The van der Waals surface area contributed by atoms with Gasteiger partial charge in [0.1, 0.15) is 0 Å². The lowest BCUT2D eigenvalue weighted by molar-refractivity contribution is 0.316. The fourth-order valence-corrected chi connectivity index (χ4v) is 4.12. The molecule has 1 aromatic carbocycles. The van der Waals surface area contributed by atoms with Gasteiger partial charge in [0, 0.05) is 37.5 Å². The molecule has 2 heterocycles. The Bertz CT molecular complexity index is 362. The first kappa shape index (κ1) is 12.5. The molecule has 2 nitrogen and oxygen atoms in total. The van der Waals surface area contributed by atoms with Gasteiger partial charge >= 0.3 is 0 Å². The van der Waals surface area contributed by atoms with Gasteiger partial charge in [-0.15, -0.1) is 0 Å². The monoisotopic (exact) mass is 262 g/mol. The Morgan fingerprint density at radius 3 is 2.83 bits per heavy atom. The van der Waals surface area contributed by atoms with Crippen LogP contribution < -0.4 is 5.32 Å². The van der Waals surface area contributed by atoms with Crippen LogP contribution in [0.25, 0.3) is 0 Å². The molecule has 0 spiro atoms. The van der Waals surface area contributed by atoms with Crippen molar-refractivity contribution in [2.75, 3.05) is 24.6 Å². The van der Waals surface area contributed by atoms with Gasteiger partial charge in [0.2, 0.25) is 0 Å². The molecule has 0 aromatic heterocycles. The van der Waals surface area contributed by atoms with Gasteiger partial charge in [0.15, 0.2) is 0 Å². The molecule has 2 aliphatic rings. The van der Waals surface area contributed by atoms with Crippen molar-refractivity contribution in [3.8, 4) is 0 Å². The Morgan fingerprint density at radius 2 is 2.06 bits per heavy atom. The van der Waals surface area contributed by atoms with E-state index in [0.717, 1.165) is 18.6 Å². The highest BCUT2D eigenvalue weighted by atomic mass is 32.2. The average Bonchev–Trinajstić information content (AvgIpc) is 3.03. The first-order valence-electron chi connectivity index (χ1n) is 7.00. The summed E-state index contributed by atoms with van der Waals surface area (Å²) in [6.07, 6.45) is 2.67. The number of rotatable bonds is 4. The number of nitrogens with one attached hydrogen (secondary N) is 1. The van der Waals surface area contributed by atoms with Gasteiger partial charge in [-0.1, -0.05) is 30.3 Å². The fourth-order valence-electron chi connectivity index (χ4n) is 2.95. The van der Waals surface area contributed by atoms with Crippen molar-refractivity contribution in [2.45, 2.75) is 31.5 Å². The first-order valence-corrected chi connectivity index (χ1v) is 8.16. The molecule has 2 unspecified atom stereocenters. The van der Waals surface area contributed by atoms with Crippen molar-refractivity contribution in [1.82, 2.24) is 10.2 Å². The van der Waals surface area contributed by atoms with E-state index in [1.54, 1.807) is 0 Å². The highest BCUT2D eigenvalue weighted by molar-refractivity contribution is 7.99. The van der Waals surface area contributed by atoms with E-state index in [-0.39, 0.29) is 0 Å². The maximum atomic E-state index is 3.83. The van der Waals surface area contributed by atoms with Crippen molar-refractivity contribution >= 4 is 11.8 Å². The van der Waals surface area contributed by atoms with Crippen molar-refractivity contribution in [3.05, 3.63) is 35.9 Å². The number of hydrogen-bond acceptors (Lipinski definition) is 3. The third-order valence-electron chi connectivity index (χ3n) is 3.92. The minimum Gasteiger partial charge on any atom is -0.309 e. The van der Waals surface area contributed by atoms with Crippen LogP contribution in [0.5, 0.6) is 0 Å². The van der Waals surface area contributed by atoms with E-state index in [9.17, 15) is 0 Å². The van der Waals surface area contributed by atoms with Crippen molar-refractivity contribution in [3.63, 3.8) is 0 Å². The summed E-state index contributed by atoms with van der Waals surface area (Å²) in [5.41, 5.74) is 1.44. The van der Waals surface area contributed by atoms with E-state index >= 15 is 0 Å². The summed E-state index contributed by atoms with van der Waals surface area (Å²) >= 11 is 2.09. The van der Waals surface area contributed by atoms with Crippen LogP contribution in [0.1, 0.15) is 18.4 Å². The van der Waals surface area contributed by atoms with Gasteiger partial charge in [-0.2, -0.15) is 11.8 Å². The van der Waals surface area contributed by atoms with Gasteiger partial charge in [0.25, 0.3) is 0 Å². The quantitative estimate of drug-likeness (QED) is 0.897. The van der Waals surface area contributed by atoms with Gasteiger partial charge in [-0.25, -0.2) is 0 Å². The zero-order chi connectivity index (χ0) is 12.2. The Hall–Kier alpha value is -0.510. The summed E-state index contributed by atoms with van der Waals surface area (Å²) in [4.78, 5) is 2.58. The van der Waals surface area contributed by atoms with Crippen LogP contribution in [0, 0.1) is 0 Å². The number of nitrogens with zero attached hydrogens (tertiary/aromatic N) is 1. The molecular weight excluding hydrogens is 240 g/mol. The van der Waals surface area contributed by atoms with Crippen LogP contribution in [-0.2, 0) is 6.54 Å². The lowest BCUT2D eigenvalue weighted by Gasteiger charge is -2.19. The number of hydrogen-bond donors (Lipinski definition) is 1. The molecule has 0 aliphatic carbocycles. The molecule has 0 saturated carbocycles. The van der Waals surface area contributed by atoms with Crippen LogP contribution in [-0.4, -0.2) is 41.6 Å². The average molecular weight is 262 g/mol. The first-order chi connectivity index (χ1) is 8.90. The molecule has 2 saturated heterocycles. The fraction of sp³-hybridized carbons (Fsp3) is 0.600. The zero-order valence-electron chi connectivity index (χ0n) is 10.8. The van der Waals surface area contributed by atoms with E-state index in [1.807, 2.05) is 0 Å². The summed E-state index contributed by atoms with van der Waals surface area (Å²) in [6, 6.07) is 12.3. The van der Waals surface area contributed by atoms with E-state index < -0.39 is 0 Å². The minimum atomic E-state index is 0.720. The van der Waals surface area contributed by atoms with Gasteiger partial charge in [0.05, 0.1) is 0 Å². The van der Waals surface area contributed by atoms with Gasteiger partial charge < -0.3 is 5.32 Å². The standard InChI is InChI=1S/C15H22N2S/c1-2-4-13(5-3-1)10-17-8-6-14(11-17)16-15-7-9-18-12-15/h1-5,14-16H,6-12H2. The predicted octanol–water partition coefficient (Wildman–Crippen LogP) is 2.36. The molecule has 0 amide bonds. The molecule has 1 N–H and O–H groups in total. The summed E-state index contributed by atoms with van der Waals surface area (Å²) in [6.45, 7) is 3.57. The lowest BCUT2D eigenvalue weighted by Crippen LogP contribution is -2.40. The maximum Gasteiger partial charge on any atom is 0.0234 e. The molecule has 0 bridgehead atoms. The van der Waals surface area contributed by atoms with E-state index in [4.69, 9.17) is 0 Å². The topological polar surface area (TPSA) is 15.3 Å². The Labute approximate surface area is 114 Å². The second-order valence-electron chi connectivity index (χ2n) is 5.43. The highest BCUT2D eigenvalue weighted by Crippen LogP contribution is 2.20. The van der Waals surface area contributed by atoms with E-state index in [2.05, 4.69) is 52.3 Å². The molecule has 1 aromatic rings. The van der Waals surface area contributed by atoms with E-state index in [0.29, 0.717) is 0 Å². The Balaban J connectivity index is 1.46. The molecule has 3 heteroatoms. The smallest absolute Gasteiger partial charge is 0.0234 e. The van der Waals surface area contributed by atoms with E-state index in [1.165, 1.54) is 43.0 Å². The van der Waals surface area contributed by atoms with Crippen LogP contribution in [0.15, 0.2) is 30.3 Å². The number of benzene rings is 1. The van der Waals surface area contributed by atoms with Crippen LogP contribution in [0.4, 0.5) is 0 Å². The molecule has 2 atom stereocenters. The maximum absolute atomic E-state index is 3.83. The second-order valence-corrected chi connectivity index (χ2v) is 6.58. The minimum absolute atomic E-state index is 0.720. The summed E-state index contributed by atoms with van der Waals surface area (Å²) in [5.74, 6) is 2.66. The molecule has 98 valence electrons. The van der Waals surface area contributed by atoms with Crippen molar-refractivity contribution in [2.24, 2.45) is 0 Å². The third-order valence-corrected chi connectivity index (χ3v) is 5.08. The van der Waals surface area contributed by atoms with Crippen molar-refractivity contribution < 1.29 is 0 Å². The molecule has 3 rings (SSSR count). The Morgan fingerprint density at radius 1 is 1.17 bits per heavy atom. The normalized spacial score (nSPS) is 28.9. The molecule has 2 fully saturated rings. The van der Waals surface area contributed by atoms with Crippen LogP contribution in [0.3, 0.4) is 0 Å². The largest absolute Gasteiger partial charge is 0.309 e. The molecule has 0 radical (unpaired) electrons. The number of thioether (sulfide) groups is 1. The number of likely N-dealkylation sites (tertiary alicyclic amines) is 1. The summed E-state index contributed by atoms with van der Waals surface area (Å²) < 4.78 is 0. The predicted molar refractivity (Wildman–Crippen MR) is 79.0 cm³/mol.